The van der Waals surface area contributed by atoms with Crippen LogP contribution in [0.3, 0.4) is 0 Å². The zero-order valence-corrected chi connectivity index (χ0v) is 17.9. The number of carbonyl (C=O) groups excluding carboxylic acids is 1. The molecule has 5 atom stereocenters. The second-order valence-electron chi connectivity index (χ2n) is 7.63. The summed E-state index contributed by atoms with van der Waals surface area (Å²) < 4.78 is 16.1. The molecule has 0 unspecified atom stereocenters. The fraction of sp³-hybridized carbons (Fsp3) is 0.348. The van der Waals surface area contributed by atoms with Crippen molar-refractivity contribution in [2.24, 2.45) is 0 Å². The van der Waals surface area contributed by atoms with Gasteiger partial charge >= 0.3 is 5.97 Å². The van der Waals surface area contributed by atoms with Crippen LogP contribution >= 0.6 is 0 Å². The van der Waals surface area contributed by atoms with Gasteiger partial charge in [-0.15, -0.1) is 0 Å². The lowest BCUT2D eigenvalue weighted by Crippen LogP contribution is -2.60. The van der Waals surface area contributed by atoms with Gasteiger partial charge in [0, 0.05) is 6.08 Å². The van der Waals surface area contributed by atoms with Gasteiger partial charge in [-0.2, -0.15) is 0 Å². The molecule has 0 saturated carbocycles. The number of rotatable bonds is 8. The lowest BCUT2D eigenvalue weighted by atomic mass is 9.99. The first-order valence-electron chi connectivity index (χ1n) is 10.3. The Hall–Kier alpha value is -3.35. The third kappa shape index (κ3) is 6.16. The highest BCUT2D eigenvalue weighted by molar-refractivity contribution is 5.87. The van der Waals surface area contributed by atoms with Gasteiger partial charge < -0.3 is 50.0 Å². The third-order valence-electron chi connectivity index (χ3n) is 5.20. The van der Waals surface area contributed by atoms with E-state index in [9.17, 15) is 40.5 Å². The average Bonchev–Trinajstić information content (AvgIpc) is 2.81. The Balaban J connectivity index is 1.62. The summed E-state index contributed by atoms with van der Waals surface area (Å²) in [6, 6.07) is 8.13. The molecule has 1 aliphatic heterocycles. The molecular formula is C23H26O11. The first-order chi connectivity index (χ1) is 16.2. The molecule has 0 aromatic heterocycles. The second kappa shape index (κ2) is 11.2. The SMILES string of the molecule is O=C(/C=C/c1ccc(O)c(O)c1)O[C@H]1[C@@H](O)[C@H](OCCc2ccc(O)c(O)c2)O[C@H](CO)[C@H]1O. The number of aliphatic hydroxyl groups is 3. The molecule has 1 heterocycles. The Kier molecular flexibility index (Phi) is 8.31. The Morgan fingerprint density at radius 1 is 0.941 bits per heavy atom. The van der Waals surface area contributed by atoms with Gasteiger partial charge in [0.05, 0.1) is 13.2 Å². The molecule has 1 fully saturated rings. The second-order valence-corrected chi connectivity index (χ2v) is 7.63. The van der Waals surface area contributed by atoms with Crippen molar-refractivity contribution >= 4 is 12.0 Å². The Morgan fingerprint density at radius 3 is 2.26 bits per heavy atom. The number of phenols is 4. The number of aromatic hydroxyl groups is 4. The van der Waals surface area contributed by atoms with Crippen molar-refractivity contribution in [3.8, 4) is 23.0 Å². The summed E-state index contributed by atoms with van der Waals surface area (Å²) in [5.41, 5.74) is 1.02. The monoisotopic (exact) mass is 478 g/mol. The lowest BCUT2D eigenvalue weighted by molar-refractivity contribution is -0.302. The van der Waals surface area contributed by atoms with Crippen LogP contribution in [0.4, 0.5) is 0 Å². The molecular weight excluding hydrogens is 452 g/mol. The molecule has 2 aromatic rings. The lowest BCUT2D eigenvalue weighted by Gasteiger charge is -2.41. The molecule has 0 aliphatic carbocycles. The molecule has 11 heteroatoms. The molecule has 184 valence electrons. The fourth-order valence-electron chi connectivity index (χ4n) is 3.33. The summed E-state index contributed by atoms with van der Waals surface area (Å²) in [5.74, 6) is -2.18. The topological polar surface area (TPSA) is 186 Å². The van der Waals surface area contributed by atoms with Crippen LogP contribution in [0.1, 0.15) is 11.1 Å². The van der Waals surface area contributed by atoms with E-state index < -0.39 is 43.3 Å². The van der Waals surface area contributed by atoms with E-state index >= 15 is 0 Å². The summed E-state index contributed by atoms with van der Waals surface area (Å²) in [4.78, 5) is 12.3. The van der Waals surface area contributed by atoms with Gasteiger partial charge in [0.2, 0.25) is 0 Å². The van der Waals surface area contributed by atoms with Crippen LogP contribution in [0, 0.1) is 0 Å². The minimum atomic E-state index is -1.58. The number of benzene rings is 2. The maximum absolute atomic E-state index is 12.3. The van der Waals surface area contributed by atoms with E-state index in [2.05, 4.69) is 0 Å². The van der Waals surface area contributed by atoms with Crippen LogP contribution in [0.15, 0.2) is 42.5 Å². The normalized spacial score (nSPS) is 24.9. The van der Waals surface area contributed by atoms with Crippen molar-refractivity contribution in [1.82, 2.24) is 0 Å². The largest absolute Gasteiger partial charge is 0.504 e. The van der Waals surface area contributed by atoms with Gasteiger partial charge in [0.15, 0.2) is 35.4 Å². The van der Waals surface area contributed by atoms with Crippen LogP contribution in [0.5, 0.6) is 23.0 Å². The van der Waals surface area contributed by atoms with Crippen LogP contribution < -0.4 is 0 Å². The zero-order valence-electron chi connectivity index (χ0n) is 17.9. The van der Waals surface area contributed by atoms with Gasteiger partial charge in [0.25, 0.3) is 0 Å². The predicted octanol–water partition coefficient (Wildman–Crippen LogP) is 0.132. The van der Waals surface area contributed by atoms with E-state index in [-0.39, 0.29) is 36.0 Å². The van der Waals surface area contributed by atoms with Crippen molar-refractivity contribution in [1.29, 1.82) is 0 Å². The first-order valence-corrected chi connectivity index (χ1v) is 10.3. The molecule has 0 radical (unpaired) electrons. The maximum atomic E-state index is 12.3. The minimum Gasteiger partial charge on any atom is -0.504 e. The predicted molar refractivity (Wildman–Crippen MR) is 116 cm³/mol. The standard InChI is InChI=1S/C23H26O11/c24-11-18-20(30)22(34-19(29)6-3-12-1-4-14(25)16(27)9-12)21(31)23(33-18)32-8-7-13-2-5-15(26)17(28)10-13/h1-6,9-10,18,20-28,30-31H,7-8,11H2/b6-3+/t18-,20-,21-,22-,23-/m1/s1. The molecule has 1 aliphatic rings. The smallest absolute Gasteiger partial charge is 0.331 e. The van der Waals surface area contributed by atoms with Crippen LogP contribution in [0.2, 0.25) is 0 Å². The van der Waals surface area contributed by atoms with E-state index in [0.717, 1.165) is 6.08 Å². The molecule has 1 saturated heterocycles. The van der Waals surface area contributed by atoms with Crippen molar-refractivity contribution in [2.75, 3.05) is 13.2 Å². The number of ether oxygens (including phenoxy) is 3. The number of carbonyl (C=O) groups is 1. The van der Waals surface area contributed by atoms with Gasteiger partial charge in [0.1, 0.15) is 18.3 Å². The van der Waals surface area contributed by atoms with Gasteiger partial charge in [-0.1, -0.05) is 12.1 Å². The van der Waals surface area contributed by atoms with Gasteiger partial charge in [-0.25, -0.2) is 4.79 Å². The number of hydrogen-bond acceptors (Lipinski definition) is 11. The minimum absolute atomic E-state index is 0.00506. The molecule has 3 rings (SSSR count). The van der Waals surface area contributed by atoms with E-state index in [1.54, 1.807) is 6.07 Å². The van der Waals surface area contributed by atoms with Crippen LogP contribution in [0.25, 0.3) is 6.08 Å². The third-order valence-corrected chi connectivity index (χ3v) is 5.20. The van der Waals surface area contributed by atoms with E-state index in [1.165, 1.54) is 36.4 Å². The van der Waals surface area contributed by atoms with Gasteiger partial charge in [-0.05, 0) is 47.9 Å². The Bertz CT molecular complexity index is 1020. The number of phenolic OH excluding ortho intramolecular Hbond substituents is 4. The van der Waals surface area contributed by atoms with Crippen molar-refractivity contribution in [3.05, 3.63) is 53.6 Å². The first kappa shape index (κ1) is 25.3. The number of aliphatic hydroxyl groups excluding tert-OH is 3. The Labute approximate surface area is 194 Å². The Morgan fingerprint density at radius 2 is 1.62 bits per heavy atom. The average molecular weight is 478 g/mol. The summed E-state index contributed by atoms with van der Waals surface area (Å²) in [6.07, 6.45) is -4.54. The van der Waals surface area contributed by atoms with E-state index in [1.807, 2.05) is 0 Å². The van der Waals surface area contributed by atoms with Gasteiger partial charge in [-0.3, -0.25) is 0 Å². The van der Waals surface area contributed by atoms with Crippen molar-refractivity contribution in [2.45, 2.75) is 37.1 Å². The number of hydrogen-bond donors (Lipinski definition) is 7. The molecule has 0 spiro atoms. The summed E-state index contributed by atoms with van der Waals surface area (Å²) in [5, 5.41) is 68.2. The maximum Gasteiger partial charge on any atom is 0.331 e. The van der Waals surface area contributed by atoms with E-state index in [4.69, 9.17) is 14.2 Å². The molecule has 0 bridgehead atoms. The van der Waals surface area contributed by atoms with Crippen molar-refractivity contribution < 1.29 is 54.8 Å². The highest BCUT2D eigenvalue weighted by Crippen LogP contribution is 2.28. The van der Waals surface area contributed by atoms with Crippen LogP contribution in [-0.2, 0) is 25.4 Å². The zero-order chi connectivity index (χ0) is 24.8. The molecule has 11 nitrogen and oxygen atoms in total. The summed E-state index contributed by atoms with van der Waals surface area (Å²) in [7, 11) is 0. The highest BCUT2D eigenvalue weighted by atomic mass is 16.7. The molecule has 34 heavy (non-hydrogen) atoms. The molecule has 0 amide bonds. The summed E-state index contributed by atoms with van der Waals surface area (Å²) >= 11 is 0. The summed E-state index contributed by atoms with van der Waals surface area (Å²) in [6.45, 7) is -0.624. The number of esters is 1. The van der Waals surface area contributed by atoms with Crippen LogP contribution in [-0.4, -0.2) is 85.6 Å². The highest BCUT2D eigenvalue weighted by Gasteiger charge is 2.47. The van der Waals surface area contributed by atoms with Crippen molar-refractivity contribution in [3.63, 3.8) is 0 Å². The molecule has 2 aromatic carbocycles. The molecule has 7 N–H and O–H groups in total. The fourth-order valence-corrected chi connectivity index (χ4v) is 3.33. The van der Waals surface area contributed by atoms with E-state index in [0.29, 0.717) is 11.1 Å². The quantitative estimate of drug-likeness (QED) is 0.155.